The molecule has 1 N–H and O–H groups in total. The van der Waals surface area contributed by atoms with Crippen LogP contribution in [0.2, 0.25) is 0 Å². The van der Waals surface area contributed by atoms with Gasteiger partial charge in [-0.05, 0) is 30.3 Å². The van der Waals surface area contributed by atoms with Gasteiger partial charge in [-0.2, -0.15) is 10.1 Å². The van der Waals surface area contributed by atoms with Crippen LogP contribution in [0.15, 0.2) is 70.1 Å². The third kappa shape index (κ3) is 2.71. The molecule has 0 fully saturated rings. The van der Waals surface area contributed by atoms with Crippen molar-refractivity contribution in [1.82, 2.24) is 19.9 Å². The summed E-state index contributed by atoms with van der Waals surface area (Å²) >= 11 is 0. The molecule has 0 aliphatic rings. The zero-order chi connectivity index (χ0) is 15.5. The van der Waals surface area contributed by atoms with Gasteiger partial charge in [-0.3, -0.25) is 0 Å². The fraction of sp³-hybridized carbons (Fsp3) is 0.0625. The summed E-state index contributed by atoms with van der Waals surface area (Å²) in [5.74, 6) is 1.50. The molecule has 7 heteroatoms. The van der Waals surface area contributed by atoms with Crippen molar-refractivity contribution in [3.8, 4) is 17.3 Å². The van der Waals surface area contributed by atoms with Gasteiger partial charge in [0, 0.05) is 12.4 Å². The maximum atomic E-state index is 5.25. The molecule has 0 saturated carbocycles. The molecule has 0 aliphatic carbocycles. The molecule has 7 nitrogen and oxygen atoms in total. The van der Waals surface area contributed by atoms with Gasteiger partial charge >= 0.3 is 0 Å². The number of rotatable bonds is 5. The molecule has 114 valence electrons. The average Bonchev–Trinajstić information content (AvgIpc) is 3.35. The standard InChI is InChI=1S/C16H13N5O2/c1-2-6-13(21-9-4-8-18-21)12(5-1)17-11-15-19-16(20-23-15)14-7-3-10-22-14/h1-10,17H,11H2. The summed E-state index contributed by atoms with van der Waals surface area (Å²) in [6, 6.07) is 13.3. The molecular weight excluding hydrogens is 294 g/mol. The molecule has 0 spiro atoms. The topological polar surface area (TPSA) is 81.9 Å². The van der Waals surface area contributed by atoms with Gasteiger partial charge in [0.1, 0.15) is 0 Å². The van der Waals surface area contributed by atoms with Crippen LogP contribution in [-0.2, 0) is 6.54 Å². The van der Waals surface area contributed by atoms with Crippen LogP contribution in [0.1, 0.15) is 5.89 Å². The molecule has 4 aromatic rings. The summed E-state index contributed by atoms with van der Waals surface area (Å²) in [5.41, 5.74) is 1.87. The van der Waals surface area contributed by atoms with E-state index in [0.717, 1.165) is 11.4 Å². The molecule has 0 saturated heterocycles. The number of anilines is 1. The Balaban J connectivity index is 1.52. The highest BCUT2D eigenvalue weighted by molar-refractivity contribution is 5.60. The van der Waals surface area contributed by atoms with Gasteiger partial charge in [0.2, 0.25) is 11.7 Å². The van der Waals surface area contributed by atoms with E-state index in [-0.39, 0.29) is 0 Å². The number of para-hydroxylation sites is 2. The minimum Gasteiger partial charge on any atom is -0.461 e. The Morgan fingerprint density at radius 2 is 2.04 bits per heavy atom. The molecule has 0 atom stereocenters. The third-order valence-corrected chi connectivity index (χ3v) is 3.29. The van der Waals surface area contributed by atoms with Crippen molar-refractivity contribution in [1.29, 1.82) is 0 Å². The van der Waals surface area contributed by atoms with Crippen molar-refractivity contribution in [2.24, 2.45) is 0 Å². The molecule has 0 amide bonds. The van der Waals surface area contributed by atoms with Crippen molar-refractivity contribution >= 4 is 5.69 Å². The van der Waals surface area contributed by atoms with E-state index in [9.17, 15) is 0 Å². The summed E-state index contributed by atoms with van der Waals surface area (Å²) < 4.78 is 12.3. The molecule has 3 aromatic heterocycles. The molecule has 4 rings (SSSR count). The number of benzene rings is 1. The van der Waals surface area contributed by atoms with E-state index in [1.54, 1.807) is 29.3 Å². The monoisotopic (exact) mass is 307 g/mol. The van der Waals surface area contributed by atoms with E-state index in [4.69, 9.17) is 8.94 Å². The summed E-state index contributed by atoms with van der Waals surface area (Å²) in [6.07, 6.45) is 5.20. The highest BCUT2D eigenvalue weighted by Gasteiger charge is 2.11. The van der Waals surface area contributed by atoms with Gasteiger partial charge in [0.05, 0.1) is 24.2 Å². The lowest BCUT2D eigenvalue weighted by molar-refractivity contribution is 0.382. The Hall–Kier alpha value is -3.35. The quantitative estimate of drug-likeness (QED) is 0.610. The van der Waals surface area contributed by atoms with Crippen LogP contribution in [0.4, 0.5) is 5.69 Å². The smallest absolute Gasteiger partial charge is 0.246 e. The first kappa shape index (κ1) is 13.3. The zero-order valence-corrected chi connectivity index (χ0v) is 12.1. The maximum absolute atomic E-state index is 5.25. The van der Waals surface area contributed by atoms with Gasteiger partial charge < -0.3 is 14.3 Å². The molecule has 0 bridgehead atoms. The maximum Gasteiger partial charge on any atom is 0.246 e. The number of hydrogen-bond donors (Lipinski definition) is 1. The van der Waals surface area contributed by atoms with Gasteiger partial charge in [-0.15, -0.1) is 0 Å². The Bertz CT molecular complexity index is 881. The molecular formula is C16H13N5O2. The molecule has 1 aromatic carbocycles. The van der Waals surface area contributed by atoms with Gasteiger partial charge in [-0.25, -0.2) is 4.68 Å². The van der Waals surface area contributed by atoms with E-state index in [1.165, 1.54) is 0 Å². The molecule has 0 unspecified atom stereocenters. The molecule has 0 radical (unpaired) electrons. The van der Waals surface area contributed by atoms with E-state index in [0.29, 0.717) is 24.0 Å². The minimum absolute atomic E-state index is 0.409. The van der Waals surface area contributed by atoms with Gasteiger partial charge in [-0.1, -0.05) is 17.3 Å². The van der Waals surface area contributed by atoms with E-state index < -0.39 is 0 Å². The zero-order valence-electron chi connectivity index (χ0n) is 12.1. The predicted molar refractivity (Wildman–Crippen MR) is 82.9 cm³/mol. The fourth-order valence-electron chi connectivity index (χ4n) is 2.24. The van der Waals surface area contributed by atoms with Crippen molar-refractivity contribution in [3.05, 3.63) is 67.0 Å². The number of furan rings is 1. The summed E-state index contributed by atoms with van der Waals surface area (Å²) in [6.45, 7) is 0.409. The van der Waals surface area contributed by atoms with Crippen LogP contribution >= 0.6 is 0 Å². The lowest BCUT2D eigenvalue weighted by Crippen LogP contribution is -2.05. The lowest BCUT2D eigenvalue weighted by Gasteiger charge is -2.10. The Kier molecular flexibility index (Phi) is 3.36. The van der Waals surface area contributed by atoms with Crippen molar-refractivity contribution in [2.45, 2.75) is 6.54 Å². The number of aromatic nitrogens is 4. The highest BCUT2D eigenvalue weighted by atomic mass is 16.5. The Morgan fingerprint density at radius 1 is 1.09 bits per heavy atom. The first-order valence-electron chi connectivity index (χ1n) is 7.09. The molecule has 3 heterocycles. The van der Waals surface area contributed by atoms with Crippen LogP contribution in [-0.4, -0.2) is 19.9 Å². The second-order valence-corrected chi connectivity index (χ2v) is 4.81. The second kappa shape index (κ2) is 5.80. The van der Waals surface area contributed by atoms with E-state index in [2.05, 4.69) is 20.6 Å². The summed E-state index contributed by atoms with van der Waals surface area (Å²) in [4.78, 5) is 4.30. The van der Waals surface area contributed by atoms with Crippen LogP contribution in [0.5, 0.6) is 0 Å². The first-order chi connectivity index (χ1) is 11.4. The van der Waals surface area contributed by atoms with Crippen LogP contribution in [0.3, 0.4) is 0 Å². The number of nitrogens with zero attached hydrogens (tertiary/aromatic N) is 4. The van der Waals surface area contributed by atoms with Gasteiger partial charge in [0.15, 0.2) is 5.76 Å². The van der Waals surface area contributed by atoms with E-state index in [1.807, 2.05) is 36.5 Å². The largest absolute Gasteiger partial charge is 0.461 e. The molecule has 0 aliphatic heterocycles. The van der Waals surface area contributed by atoms with Crippen LogP contribution < -0.4 is 5.32 Å². The van der Waals surface area contributed by atoms with Crippen molar-refractivity contribution < 1.29 is 8.94 Å². The van der Waals surface area contributed by atoms with Gasteiger partial charge in [0.25, 0.3) is 0 Å². The first-order valence-corrected chi connectivity index (χ1v) is 7.09. The Morgan fingerprint density at radius 3 is 2.87 bits per heavy atom. The summed E-state index contributed by atoms with van der Waals surface area (Å²) in [5, 5.41) is 11.4. The number of hydrogen-bond acceptors (Lipinski definition) is 6. The Labute approximate surface area is 131 Å². The SMILES string of the molecule is c1coc(-c2noc(CNc3ccccc3-n3cccn3)n2)c1. The average molecular weight is 307 g/mol. The highest BCUT2D eigenvalue weighted by Crippen LogP contribution is 2.20. The fourth-order valence-corrected chi connectivity index (χ4v) is 2.24. The lowest BCUT2D eigenvalue weighted by atomic mass is 10.2. The van der Waals surface area contributed by atoms with Crippen molar-refractivity contribution in [2.75, 3.05) is 5.32 Å². The van der Waals surface area contributed by atoms with Crippen LogP contribution in [0.25, 0.3) is 17.3 Å². The number of nitrogens with one attached hydrogen (secondary N) is 1. The molecule has 23 heavy (non-hydrogen) atoms. The van der Waals surface area contributed by atoms with Crippen LogP contribution in [0, 0.1) is 0 Å². The predicted octanol–water partition coefficient (Wildman–Crippen LogP) is 3.13. The minimum atomic E-state index is 0.409. The normalized spacial score (nSPS) is 10.8. The van der Waals surface area contributed by atoms with Crippen molar-refractivity contribution in [3.63, 3.8) is 0 Å². The van der Waals surface area contributed by atoms with E-state index >= 15 is 0 Å². The summed E-state index contributed by atoms with van der Waals surface area (Å²) in [7, 11) is 0. The third-order valence-electron chi connectivity index (χ3n) is 3.29. The second-order valence-electron chi connectivity index (χ2n) is 4.81.